The second kappa shape index (κ2) is 7.25. The molecule has 0 N–H and O–H groups in total. The highest BCUT2D eigenvalue weighted by atomic mass is 16.2. The number of fused-ring (bicyclic) bond motifs is 1. The van der Waals surface area contributed by atoms with Crippen LogP contribution in [0.5, 0.6) is 0 Å². The fourth-order valence-electron chi connectivity index (χ4n) is 3.57. The van der Waals surface area contributed by atoms with Crippen LogP contribution < -0.4 is 0 Å². The minimum absolute atomic E-state index is 0.0832. The zero-order valence-electron chi connectivity index (χ0n) is 15.2. The normalized spacial score (nSPS) is 17.7. The summed E-state index contributed by atoms with van der Waals surface area (Å²) in [4.78, 5) is 33.7. The Hall–Kier alpha value is -2.37. The Balaban J connectivity index is 1.76. The molecule has 1 fully saturated rings. The molecule has 6 nitrogen and oxygen atoms in total. The number of piperidine rings is 1. The Morgan fingerprint density at radius 1 is 1.24 bits per heavy atom. The van der Waals surface area contributed by atoms with Gasteiger partial charge >= 0.3 is 0 Å². The van der Waals surface area contributed by atoms with Gasteiger partial charge in [-0.25, -0.2) is 4.98 Å². The van der Waals surface area contributed by atoms with E-state index in [2.05, 4.69) is 4.98 Å². The summed E-state index contributed by atoms with van der Waals surface area (Å²) in [6.07, 6.45) is 3.64. The third-order valence-electron chi connectivity index (χ3n) is 5.07. The number of likely N-dealkylation sites (tertiary alicyclic amines) is 1. The average molecular weight is 342 g/mol. The van der Waals surface area contributed by atoms with E-state index in [1.807, 2.05) is 48.7 Å². The quantitative estimate of drug-likeness (QED) is 0.857. The molecule has 3 heterocycles. The van der Waals surface area contributed by atoms with Crippen molar-refractivity contribution in [1.82, 2.24) is 19.4 Å². The first kappa shape index (κ1) is 17.5. The average Bonchev–Trinajstić information content (AvgIpc) is 3.02. The molecule has 1 unspecified atom stereocenters. The smallest absolute Gasteiger partial charge is 0.272 e. The van der Waals surface area contributed by atoms with E-state index in [0.717, 1.165) is 23.9 Å². The summed E-state index contributed by atoms with van der Waals surface area (Å²) >= 11 is 0. The molecule has 0 spiro atoms. The lowest BCUT2D eigenvalue weighted by Gasteiger charge is -2.34. The Morgan fingerprint density at radius 2 is 2.00 bits per heavy atom. The number of nitrogens with zero attached hydrogens (tertiary/aromatic N) is 4. The summed E-state index contributed by atoms with van der Waals surface area (Å²) in [6, 6.07) is 5.69. The lowest BCUT2D eigenvalue weighted by atomic mass is 9.96. The predicted octanol–water partition coefficient (Wildman–Crippen LogP) is 2.29. The van der Waals surface area contributed by atoms with Gasteiger partial charge in [-0.1, -0.05) is 0 Å². The summed E-state index contributed by atoms with van der Waals surface area (Å²) in [7, 11) is 1.92. The molecule has 0 bridgehead atoms. The molecule has 1 saturated heterocycles. The third-order valence-corrected chi connectivity index (χ3v) is 5.07. The highest BCUT2D eigenvalue weighted by Gasteiger charge is 2.31. The first-order valence-electron chi connectivity index (χ1n) is 9.05. The monoisotopic (exact) mass is 342 g/mol. The third kappa shape index (κ3) is 3.38. The van der Waals surface area contributed by atoms with Crippen molar-refractivity contribution in [2.45, 2.75) is 26.7 Å². The van der Waals surface area contributed by atoms with Gasteiger partial charge < -0.3 is 14.4 Å². The topological polar surface area (TPSA) is 58.4 Å². The van der Waals surface area contributed by atoms with Gasteiger partial charge in [0.25, 0.3) is 5.91 Å². The molecule has 134 valence electrons. The van der Waals surface area contributed by atoms with E-state index in [9.17, 15) is 9.59 Å². The van der Waals surface area contributed by atoms with Crippen molar-refractivity contribution >= 4 is 22.8 Å². The van der Waals surface area contributed by atoms with Crippen LogP contribution in [0.2, 0.25) is 0 Å². The molecule has 0 aromatic carbocycles. The molecule has 25 heavy (non-hydrogen) atoms. The molecule has 1 aliphatic rings. The summed E-state index contributed by atoms with van der Waals surface area (Å²) in [6.45, 7) is 6.59. The van der Waals surface area contributed by atoms with Crippen LogP contribution in [-0.2, 0) is 11.8 Å². The maximum Gasteiger partial charge on any atom is 0.272 e. The minimum atomic E-state index is -0.101. The molecular formula is C19H26N4O2. The number of hydrogen-bond acceptors (Lipinski definition) is 3. The fraction of sp³-hybridized carbons (Fsp3) is 0.526. The van der Waals surface area contributed by atoms with Gasteiger partial charge in [0, 0.05) is 44.8 Å². The Labute approximate surface area is 148 Å². The van der Waals surface area contributed by atoms with Crippen LogP contribution in [0.1, 0.15) is 37.2 Å². The maximum absolute atomic E-state index is 12.9. The first-order valence-corrected chi connectivity index (χ1v) is 9.05. The van der Waals surface area contributed by atoms with Crippen molar-refractivity contribution in [2.75, 3.05) is 26.2 Å². The molecule has 2 aromatic heterocycles. The van der Waals surface area contributed by atoms with Crippen LogP contribution in [0.3, 0.4) is 0 Å². The van der Waals surface area contributed by atoms with E-state index in [0.29, 0.717) is 31.9 Å². The summed E-state index contributed by atoms with van der Waals surface area (Å²) < 4.78 is 1.91. The molecule has 0 saturated carbocycles. The Kier molecular flexibility index (Phi) is 5.06. The number of aromatic nitrogens is 2. The van der Waals surface area contributed by atoms with Gasteiger partial charge in [0.1, 0.15) is 11.3 Å². The van der Waals surface area contributed by atoms with Crippen molar-refractivity contribution in [3.05, 3.63) is 30.1 Å². The molecule has 2 aromatic rings. The van der Waals surface area contributed by atoms with E-state index < -0.39 is 0 Å². The molecule has 6 heteroatoms. The van der Waals surface area contributed by atoms with Crippen molar-refractivity contribution in [1.29, 1.82) is 0 Å². The molecular weight excluding hydrogens is 316 g/mol. The molecule has 2 amide bonds. The van der Waals surface area contributed by atoms with Crippen LogP contribution in [0.15, 0.2) is 24.4 Å². The van der Waals surface area contributed by atoms with Gasteiger partial charge in [-0.2, -0.15) is 0 Å². The molecule has 3 rings (SSSR count). The molecule has 0 radical (unpaired) electrons. The van der Waals surface area contributed by atoms with Gasteiger partial charge in [0.05, 0.1) is 5.92 Å². The number of carbonyl (C=O) groups excluding carboxylic acids is 2. The van der Waals surface area contributed by atoms with Gasteiger partial charge in [0.15, 0.2) is 0 Å². The first-order chi connectivity index (χ1) is 12.0. The number of aryl methyl sites for hydroxylation is 1. The zero-order valence-corrected chi connectivity index (χ0v) is 15.2. The van der Waals surface area contributed by atoms with Crippen LogP contribution in [0.25, 0.3) is 11.0 Å². The van der Waals surface area contributed by atoms with Crippen LogP contribution in [0.4, 0.5) is 0 Å². The molecule has 0 aliphatic carbocycles. The minimum Gasteiger partial charge on any atom is -0.343 e. The van der Waals surface area contributed by atoms with Crippen LogP contribution in [0, 0.1) is 5.92 Å². The van der Waals surface area contributed by atoms with E-state index in [4.69, 9.17) is 0 Å². The second-order valence-corrected chi connectivity index (χ2v) is 6.64. The number of pyridine rings is 1. The number of hydrogen-bond donors (Lipinski definition) is 0. The summed E-state index contributed by atoms with van der Waals surface area (Å²) in [5, 5.41) is 1.02. The summed E-state index contributed by atoms with van der Waals surface area (Å²) in [5.74, 6) is -0.0233. The highest BCUT2D eigenvalue weighted by Crippen LogP contribution is 2.21. The van der Waals surface area contributed by atoms with Crippen LogP contribution >= 0.6 is 0 Å². The van der Waals surface area contributed by atoms with Gasteiger partial charge in [-0.15, -0.1) is 0 Å². The van der Waals surface area contributed by atoms with Gasteiger partial charge in [0.2, 0.25) is 5.91 Å². The predicted molar refractivity (Wildman–Crippen MR) is 97.3 cm³/mol. The van der Waals surface area contributed by atoms with Crippen LogP contribution in [-0.4, -0.2) is 57.3 Å². The Morgan fingerprint density at radius 3 is 2.72 bits per heavy atom. The number of amides is 2. The lowest BCUT2D eigenvalue weighted by Crippen LogP contribution is -2.46. The SMILES string of the molecule is CCN(CC)C(=O)C1CCCN(C(=O)c2ccc3ccn(C)c3n2)C1. The summed E-state index contributed by atoms with van der Waals surface area (Å²) in [5.41, 5.74) is 1.25. The lowest BCUT2D eigenvalue weighted by molar-refractivity contribution is -0.136. The van der Waals surface area contributed by atoms with Gasteiger partial charge in [-0.3, -0.25) is 9.59 Å². The standard InChI is InChI=1S/C19H26N4O2/c1-4-22(5-2)18(24)15-7-6-11-23(13-15)19(25)16-9-8-14-10-12-21(3)17(14)20-16/h8-10,12,15H,4-7,11,13H2,1-3H3. The van der Waals surface area contributed by atoms with Crippen molar-refractivity contribution < 1.29 is 9.59 Å². The van der Waals surface area contributed by atoms with Gasteiger partial charge in [-0.05, 0) is 44.9 Å². The van der Waals surface area contributed by atoms with E-state index >= 15 is 0 Å². The highest BCUT2D eigenvalue weighted by molar-refractivity contribution is 5.95. The van der Waals surface area contributed by atoms with Crippen molar-refractivity contribution in [3.63, 3.8) is 0 Å². The van der Waals surface area contributed by atoms with Crippen molar-refractivity contribution in [3.8, 4) is 0 Å². The van der Waals surface area contributed by atoms with Crippen molar-refractivity contribution in [2.24, 2.45) is 13.0 Å². The largest absolute Gasteiger partial charge is 0.343 e. The van der Waals surface area contributed by atoms with E-state index in [1.54, 1.807) is 11.0 Å². The number of rotatable bonds is 4. The molecule has 1 aliphatic heterocycles. The molecule has 1 atom stereocenters. The van der Waals surface area contributed by atoms with E-state index in [-0.39, 0.29) is 17.7 Å². The zero-order chi connectivity index (χ0) is 18.0. The maximum atomic E-state index is 12.9. The second-order valence-electron chi connectivity index (χ2n) is 6.64. The number of carbonyl (C=O) groups is 2. The Bertz CT molecular complexity index is 779. The fourth-order valence-corrected chi connectivity index (χ4v) is 3.57. The van der Waals surface area contributed by atoms with E-state index in [1.165, 1.54) is 0 Å².